The van der Waals surface area contributed by atoms with Crippen LogP contribution in [0.3, 0.4) is 0 Å². The maximum atomic E-state index is 13.1. The molecular formula is C46H50N2O12. The number of ether oxygens (including phenoxy) is 8. The lowest BCUT2D eigenvalue weighted by Crippen LogP contribution is -2.44. The van der Waals surface area contributed by atoms with E-state index in [1.807, 2.05) is 24.3 Å². The normalized spacial score (nSPS) is 14.6. The van der Waals surface area contributed by atoms with E-state index in [0.29, 0.717) is 49.3 Å². The maximum absolute atomic E-state index is 13.1. The zero-order valence-corrected chi connectivity index (χ0v) is 33.5. The molecule has 4 aromatic rings. The summed E-state index contributed by atoms with van der Waals surface area (Å²) in [5, 5.41) is 0. The molecule has 1 fully saturated rings. The zero-order valence-electron chi connectivity index (χ0n) is 33.5. The Kier molecular flexibility index (Phi) is 18.3. The Morgan fingerprint density at radius 1 is 0.533 bits per heavy atom. The molecule has 0 spiro atoms. The molecule has 0 aliphatic carbocycles. The monoisotopic (exact) mass is 822 g/mol. The van der Waals surface area contributed by atoms with Gasteiger partial charge in [-0.1, -0.05) is 37.4 Å². The van der Waals surface area contributed by atoms with Gasteiger partial charge in [0.2, 0.25) is 0 Å². The second-order valence-electron chi connectivity index (χ2n) is 13.5. The number of unbranched alkanes of at least 4 members (excludes halogenated alkanes) is 6. The Labute approximate surface area is 349 Å². The van der Waals surface area contributed by atoms with Gasteiger partial charge in [0.1, 0.15) is 11.5 Å². The molecule has 5 rings (SSSR count). The fourth-order valence-electron chi connectivity index (χ4n) is 5.80. The van der Waals surface area contributed by atoms with Crippen LogP contribution in [0.1, 0.15) is 72.1 Å². The van der Waals surface area contributed by atoms with Crippen LogP contribution in [0.25, 0.3) is 22.5 Å². The van der Waals surface area contributed by atoms with Crippen molar-refractivity contribution in [3.63, 3.8) is 0 Å². The molecule has 1 aliphatic heterocycles. The van der Waals surface area contributed by atoms with Gasteiger partial charge in [-0.15, -0.1) is 0 Å². The Morgan fingerprint density at radius 3 is 1.27 bits per heavy atom. The maximum Gasteiger partial charge on any atom is 0.340 e. The Morgan fingerprint density at radius 2 is 0.917 bits per heavy atom. The summed E-state index contributed by atoms with van der Waals surface area (Å²) in [4.78, 5) is 57.3. The summed E-state index contributed by atoms with van der Waals surface area (Å²) >= 11 is 0. The number of carbonyl (C=O) groups excluding carboxylic acids is 4. The third kappa shape index (κ3) is 14.8. The molecule has 316 valence electrons. The molecule has 2 aromatic heterocycles. The van der Waals surface area contributed by atoms with Crippen LogP contribution in [0.2, 0.25) is 0 Å². The number of benzene rings is 2. The number of aromatic nitrogens is 2. The van der Waals surface area contributed by atoms with E-state index in [1.165, 1.54) is 0 Å². The van der Waals surface area contributed by atoms with Crippen molar-refractivity contribution < 1.29 is 57.1 Å². The van der Waals surface area contributed by atoms with Crippen molar-refractivity contribution in [2.45, 2.75) is 63.9 Å². The van der Waals surface area contributed by atoms with Crippen molar-refractivity contribution in [3.05, 3.63) is 122 Å². The average Bonchev–Trinajstić information content (AvgIpc) is 3.29. The summed E-state index contributed by atoms with van der Waals surface area (Å²) < 4.78 is 43.9. The number of nitrogens with zero attached hydrogens (tertiary/aromatic N) is 2. The molecule has 1 saturated heterocycles. The molecule has 0 radical (unpaired) electrons. The smallest absolute Gasteiger partial charge is 0.340 e. The molecule has 2 aromatic carbocycles. The van der Waals surface area contributed by atoms with E-state index >= 15 is 0 Å². The second kappa shape index (κ2) is 24.5. The first kappa shape index (κ1) is 44.7. The van der Waals surface area contributed by atoms with Crippen molar-refractivity contribution in [2.24, 2.45) is 0 Å². The van der Waals surface area contributed by atoms with Crippen molar-refractivity contribution in [2.75, 3.05) is 39.6 Å². The summed E-state index contributed by atoms with van der Waals surface area (Å²) in [6.07, 6.45) is 10.1. The first-order valence-corrected chi connectivity index (χ1v) is 19.9. The van der Waals surface area contributed by atoms with Crippen LogP contribution < -0.4 is 9.47 Å². The molecule has 14 nitrogen and oxygen atoms in total. The van der Waals surface area contributed by atoms with Gasteiger partial charge in [0.05, 0.1) is 74.5 Å². The predicted octanol–water partition coefficient (Wildman–Crippen LogP) is 7.86. The number of carbonyl (C=O) groups is 4. The Balaban J connectivity index is 1.02. The van der Waals surface area contributed by atoms with Crippen molar-refractivity contribution in [1.82, 2.24) is 9.97 Å². The summed E-state index contributed by atoms with van der Waals surface area (Å²) in [6, 6.07) is 20.8. The number of hydrogen-bond acceptors (Lipinski definition) is 14. The molecular weight excluding hydrogens is 773 g/mol. The summed E-state index contributed by atoms with van der Waals surface area (Å²) in [5.74, 6) is -0.874. The van der Waals surface area contributed by atoms with Crippen LogP contribution in [0.15, 0.2) is 111 Å². The first-order valence-electron chi connectivity index (χ1n) is 19.9. The highest BCUT2D eigenvalue weighted by molar-refractivity contribution is 5.91. The summed E-state index contributed by atoms with van der Waals surface area (Å²) in [7, 11) is 0. The Hall–Kier alpha value is -6.38. The van der Waals surface area contributed by atoms with Crippen molar-refractivity contribution in [1.29, 1.82) is 0 Å². The second-order valence-corrected chi connectivity index (χ2v) is 13.5. The molecule has 1 aliphatic rings. The van der Waals surface area contributed by atoms with Crippen LogP contribution in [0, 0.1) is 0 Å². The molecule has 2 atom stereocenters. The predicted molar refractivity (Wildman–Crippen MR) is 220 cm³/mol. The average molecular weight is 823 g/mol. The fraction of sp³-hybridized carbons (Fsp3) is 0.348. The lowest BCUT2D eigenvalue weighted by atomic mass is 10.1. The van der Waals surface area contributed by atoms with Gasteiger partial charge < -0.3 is 37.9 Å². The highest BCUT2D eigenvalue weighted by atomic mass is 16.8. The quantitative estimate of drug-likeness (QED) is 0.0290. The minimum Gasteiger partial charge on any atom is -0.492 e. The minimum atomic E-state index is -1.27. The molecule has 0 bridgehead atoms. The van der Waals surface area contributed by atoms with Crippen LogP contribution >= 0.6 is 0 Å². The topological polar surface area (TPSA) is 168 Å². The molecule has 60 heavy (non-hydrogen) atoms. The van der Waals surface area contributed by atoms with Gasteiger partial charge in [0.25, 0.3) is 12.6 Å². The van der Waals surface area contributed by atoms with Crippen LogP contribution in [-0.2, 0) is 38.0 Å². The SMILES string of the molecule is C=CC(=O)OCCCCCCOc1ccc(-c2ccc(C(=O)O[C@@H]3OCCO[C@H]3OC(=O)c3ccc(-c4ccc(OCCCCCCOC(=O)C=C)cn4)cc3)cc2)nc1. The van der Waals surface area contributed by atoms with E-state index in [4.69, 9.17) is 37.9 Å². The van der Waals surface area contributed by atoms with Crippen LogP contribution in [0.4, 0.5) is 0 Å². The fourth-order valence-corrected chi connectivity index (χ4v) is 5.80. The standard InChI is InChI=1S/C46H50N2O12/c1-3-41(49)55-27-11-7-5-9-25-53-37-21-23-39(47-31-37)33-13-17-35(18-14-33)43(51)59-45-46(58-30-29-57-45)60-44(52)36-19-15-34(16-20-36)40-24-22-38(32-48-40)54-26-10-6-8-12-28-56-42(50)4-2/h3-4,13-24,31-32,45-46H,1-2,5-12,25-30H2/t45-,46-/m0/s1. The van der Waals surface area contributed by atoms with E-state index in [0.717, 1.165) is 74.6 Å². The molecule has 0 amide bonds. The van der Waals surface area contributed by atoms with Gasteiger partial charge in [-0.2, -0.15) is 0 Å². The largest absolute Gasteiger partial charge is 0.492 e. The van der Waals surface area contributed by atoms with Crippen LogP contribution in [0.5, 0.6) is 11.5 Å². The van der Waals surface area contributed by atoms with Gasteiger partial charge in [-0.3, -0.25) is 9.97 Å². The zero-order chi connectivity index (χ0) is 42.4. The molecule has 0 N–H and O–H groups in total. The van der Waals surface area contributed by atoms with E-state index < -0.39 is 36.5 Å². The number of hydrogen-bond donors (Lipinski definition) is 0. The third-order valence-corrected chi connectivity index (χ3v) is 9.06. The van der Waals surface area contributed by atoms with Gasteiger partial charge in [-0.05, 0) is 99.9 Å². The van der Waals surface area contributed by atoms with Gasteiger partial charge in [0, 0.05) is 23.3 Å². The highest BCUT2D eigenvalue weighted by Crippen LogP contribution is 2.24. The summed E-state index contributed by atoms with van der Waals surface area (Å²) in [6.45, 7) is 8.90. The first-order chi connectivity index (χ1) is 29.3. The number of pyridine rings is 2. The van der Waals surface area contributed by atoms with E-state index in [2.05, 4.69) is 23.1 Å². The van der Waals surface area contributed by atoms with Gasteiger partial charge >= 0.3 is 23.9 Å². The third-order valence-electron chi connectivity index (χ3n) is 9.06. The molecule has 0 unspecified atom stereocenters. The van der Waals surface area contributed by atoms with Crippen molar-refractivity contribution >= 4 is 23.9 Å². The number of rotatable bonds is 24. The van der Waals surface area contributed by atoms with Crippen molar-refractivity contribution in [3.8, 4) is 34.0 Å². The number of esters is 4. The van der Waals surface area contributed by atoms with E-state index in [1.54, 1.807) is 60.9 Å². The van der Waals surface area contributed by atoms with Gasteiger partial charge in [-0.25, -0.2) is 19.2 Å². The minimum absolute atomic E-state index is 0.146. The van der Waals surface area contributed by atoms with E-state index in [9.17, 15) is 19.2 Å². The highest BCUT2D eigenvalue weighted by Gasteiger charge is 2.34. The summed E-state index contributed by atoms with van der Waals surface area (Å²) in [5.41, 5.74) is 3.49. The molecule has 14 heteroatoms. The van der Waals surface area contributed by atoms with E-state index in [-0.39, 0.29) is 24.3 Å². The molecule has 3 heterocycles. The lowest BCUT2D eigenvalue weighted by molar-refractivity contribution is -0.288. The molecule has 0 saturated carbocycles. The Bertz CT molecular complexity index is 1840. The van der Waals surface area contributed by atoms with Crippen LogP contribution in [-0.4, -0.2) is 86.1 Å². The lowest BCUT2D eigenvalue weighted by Gasteiger charge is -2.30. The van der Waals surface area contributed by atoms with Gasteiger partial charge in [0.15, 0.2) is 0 Å².